The Morgan fingerprint density at radius 1 is 1.24 bits per heavy atom. The smallest absolute Gasteiger partial charge is 0.225 e. The van der Waals surface area contributed by atoms with Gasteiger partial charge in [0.2, 0.25) is 5.91 Å². The molecular weight excluding hydrogens is 393 g/mol. The van der Waals surface area contributed by atoms with Crippen LogP contribution >= 0.6 is 11.6 Å². The number of rotatable bonds is 7. The summed E-state index contributed by atoms with van der Waals surface area (Å²) in [5.74, 6) is -0.754. The molecular formula is C22H23ClFN3O2. The van der Waals surface area contributed by atoms with Gasteiger partial charge >= 0.3 is 0 Å². The molecule has 2 aromatic carbocycles. The normalized spacial score (nSPS) is 12.0. The summed E-state index contributed by atoms with van der Waals surface area (Å²) in [6, 6.07) is 11.8. The first kappa shape index (κ1) is 20.9. The van der Waals surface area contributed by atoms with Crippen molar-refractivity contribution in [3.63, 3.8) is 0 Å². The molecule has 0 aliphatic carbocycles. The van der Waals surface area contributed by atoms with Crippen LogP contribution in [0.15, 0.2) is 42.5 Å². The van der Waals surface area contributed by atoms with Crippen LogP contribution in [0.2, 0.25) is 5.02 Å². The Balaban J connectivity index is 1.96. The molecule has 0 saturated carbocycles. The Bertz CT molecular complexity index is 1050. The van der Waals surface area contributed by atoms with E-state index in [4.69, 9.17) is 22.1 Å². The van der Waals surface area contributed by atoms with Crippen LogP contribution in [0.3, 0.4) is 0 Å². The molecule has 1 amide bonds. The van der Waals surface area contributed by atoms with Crippen LogP contribution in [-0.2, 0) is 17.8 Å². The predicted molar refractivity (Wildman–Crippen MR) is 111 cm³/mol. The molecule has 2 N–H and O–H groups in total. The van der Waals surface area contributed by atoms with E-state index in [1.165, 1.54) is 12.1 Å². The molecule has 29 heavy (non-hydrogen) atoms. The maximum atomic E-state index is 13.4. The van der Waals surface area contributed by atoms with Gasteiger partial charge in [-0.3, -0.25) is 9.48 Å². The van der Waals surface area contributed by atoms with Gasteiger partial charge in [0.05, 0.1) is 25.3 Å². The molecule has 0 spiro atoms. The summed E-state index contributed by atoms with van der Waals surface area (Å²) in [6.07, 6.45) is 0.274. The van der Waals surface area contributed by atoms with E-state index in [0.717, 1.165) is 28.3 Å². The van der Waals surface area contributed by atoms with Crippen molar-refractivity contribution >= 4 is 17.5 Å². The van der Waals surface area contributed by atoms with Crippen molar-refractivity contribution < 1.29 is 13.9 Å². The first-order valence-corrected chi connectivity index (χ1v) is 9.58. The monoisotopic (exact) mass is 415 g/mol. The van der Waals surface area contributed by atoms with E-state index in [-0.39, 0.29) is 11.4 Å². The molecule has 0 bridgehead atoms. The number of hydrogen-bond donors (Lipinski definition) is 1. The largest absolute Gasteiger partial charge is 0.496 e. The molecule has 1 aromatic heterocycles. The Morgan fingerprint density at radius 3 is 2.62 bits per heavy atom. The minimum absolute atomic E-state index is 0.271. The summed E-state index contributed by atoms with van der Waals surface area (Å²) in [7, 11) is 1.63. The summed E-state index contributed by atoms with van der Waals surface area (Å²) in [5, 5.41) is 4.89. The van der Waals surface area contributed by atoms with Gasteiger partial charge in [0.15, 0.2) is 0 Å². The van der Waals surface area contributed by atoms with Gasteiger partial charge in [-0.05, 0) is 44.0 Å². The highest BCUT2D eigenvalue weighted by atomic mass is 35.5. The quantitative estimate of drug-likeness (QED) is 0.629. The van der Waals surface area contributed by atoms with Crippen LogP contribution in [0.4, 0.5) is 4.39 Å². The molecule has 1 unspecified atom stereocenters. The number of primary amides is 1. The number of aryl methyl sites for hydroxylation is 1. The third-order valence-electron chi connectivity index (χ3n) is 5.08. The first-order chi connectivity index (χ1) is 13.8. The third-order valence-corrected chi connectivity index (χ3v) is 5.43. The molecule has 0 fully saturated rings. The highest BCUT2D eigenvalue weighted by molar-refractivity contribution is 6.31. The minimum atomic E-state index is -0.621. The minimum Gasteiger partial charge on any atom is -0.496 e. The van der Waals surface area contributed by atoms with Gasteiger partial charge in [-0.25, -0.2) is 4.39 Å². The lowest BCUT2D eigenvalue weighted by Crippen LogP contribution is -2.24. The molecule has 152 valence electrons. The molecule has 3 aromatic rings. The Kier molecular flexibility index (Phi) is 6.23. The van der Waals surface area contributed by atoms with Gasteiger partial charge in [-0.15, -0.1) is 0 Å². The molecule has 5 nitrogen and oxygen atoms in total. The number of aromatic nitrogens is 2. The Labute approximate surface area is 174 Å². The molecule has 7 heteroatoms. The van der Waals surface area contributed by atoms with E-state index in [1.54, 1.807) is 13.2 Å². The van der Waals surface area contributed by atoms with Crippen molar-refractivity contribution in [1.29, 1.82) is 0 Å². The topological polar surface area (TPSA) is 70.1 Å². The number of ether oxygens (including phenoxy) is 1. The second-order valence-corrected chi connectivity index (χ2v) is 7.36. The zero-order valence-electron chi connectivity index (χ0n) is 16.6. The van der Waals surface area contributed by atoms with E-state index < -0.39 is 17.6 Å². The summed E-state index contributed by atoms with van der Waals surface area (Å²) in [4.78, 5) is 12.3. The van der Waals surface area contributed by atoms with E-state index in [2.05, 4.69) is 5.10 Å². The maximum Gasteiger partial charge on any atom is 0.225 e. The summed E-state index contributed by atoms with van der Waals surface area (Å²) >= 11 is 6.16. The maximum absolute atomic E-state index is 13.4. The fraction of sp³-hybridized carbons (Fsp3) is 0.273. The summed E-state index contributed by atoms with van der Waals surface area (Å²) < 4.78 is 20.6. The number of methoxy groups -OCH3 is 1. The van der Waals surface area contributed by atoms with E-state index in [0.29, 0.717) is 12.1 Å². The van der Waals surface area contributed by atoms with Crippen molar-refractivity contribution in [3.8, 4) is 5.75 Å². The average molecular weight is 416 g/mol. The van der Waals surface area contributed by atoms with Gasteiger partial charge < -0.3 is 10.5 Å². The molecule has 3 rings (SSSR count). The highest BCUT2D eigenvalue weighted by Gasteiger charge is 2.27. The Hall–Kier alpha value is -2.86. The SMILES string of the molecule is COc1ccccc1Cn1nc(C)c(C(Cc2ccc(F)cc2Cl)C(N)=O)c1C. The van der Waals surface area contributed by atoms with Crippen molar-refractivity contribution in [1.82, 2.24) is 9.78 Å². The summed E-state index contributed by atoms with van der Waals surface area (Å²) in [5.41, 5.74) is 9.70. The molecule has 1 heterocycles. The zero-order chi connectivity index (χ0) is 21.1. The number of para-hydroxylation sites is 1. The zero-order valence-corrected chi connectivity index (χ0v) is 17.3. The van der Waals surface area contributed by atoms with Gasteiger partial charge in [0.1, 0.15) is 11.6 Å². The fourth-order valence-electron chi connectivity index (χ4n) is 3.62. The first-order valence-electron chi connectivity index (χ1n) is 9.20. The number of amides is 1. The van der Waals surface area contributed by atoms with Crippen LogP contribution in [0.25, 0.3) is 0 Å². The average Bonchev–Trinajstić information content (AvgIpc) is 2.95. The third kappa shape index (κ3) is 4.43. The second-order valence-electron chi connectivity index (χ2n) is 6.95. The van der Waals surface area contributed by atoms with E-state index in [1.807, 2.05) is 42.8 Å². The summed E-state index contributed by atoms with van der Waals surface area (Å²) in [6.45, 7) is 4.26. The van der Waals surface area contributed by atoms with Gasteiger partial charge in [0.25, 0.3) is 0 Å². The van der Waals surface area contributed by atoms with Crippen LogP contribution in [0.1, 0.15) is 34.0 Å². The van der Waals surface area contributed by atoms with Crippen molar-refractivity contribution in [2.75, 3.05) is 7.11 Å². The molecule has 1 atom stereocenters. The van der Waals surface area contributed by atoms with Crippen LogP contribution in [-0.4, -0.2) is 22.8 Å². The fourth-order valence-corrected chi connectivity index (χ4v) is 3.86. The molecule has 0 aliphatic rings. The standard InChI is InChI=1S/C22H23ClFN3O2/c1-13-21(18(22(25)28)10-15-8-9-17(24)11-19(15)23)14(2)27(26-13)12-16-6-4-5-7-20(16)29-3/h4-9,11,18H,10,12H2,1-3H3,(H2,25,28). The number of nitrogens with zero attached hydrogens (tertiary/aromatic N) is 2. The number of hydrogen-bond acceptors (Lipinski definition) is 3. The second kappa shape index (κ2) is 8.66. The molecule has 0 aliphatic heterocycles. The van der Waals surface area contributed by atoms with Crippen molar-refractivity contribution in [2.24, 2.45) is 5.73 Å². The lowest BCUT2D eigenvalue weighted by molar-refractivity contribution is -0.119. The molecule has 0 saturated heterocycles. The van der Waals surface area contributed by atoms with Crippen LogP contribution in [0, 0.1) is 19.7 Å². The lowest BCUT2D eigenvalue weighted by Gasteiger charge is -2.16. The van der Waals surface area contributed by atoms with E-state index in [9.17, 15) is 9.18 Å². The van der Waals surface area contributed by atoms with Gasteiger partial charge in [-0.1, -0.05) is 35.9 Å². The Morgan fingerprint density at radius 2 is 1.97 bits per heavy atom. The number of halogens is 2. The van der Waals surface area contributed by atoms with Crippen molar-refractivity contribution in [2.45, 2.75) is 32.7 Å². The van der Waals surface area contributed by atoms with Crippen LogP contribution in [0.5, 0.6) is 5.75 Å². The van der Waals surface area contributed by atoms with Gasteiger partial charge in [-0.2, -0.15) is 5.10 Å². The highest BCUT2D eigenvalue weighted by Crippen LogP contribution is 2.30. The number of carbonyl (C=O) groups excluding carboxylic acids is 1. The predicted octanol–water partition coefficient (Wildman–Crippen LogP) is 4.16. The number of benzene rings is 2. The number of carbonyl (C=O) groups is 1. The van der Waals surface area contributed by atoms with Gasteiger partial charge in [0, 0.05) is 21.8 Å². The van der Waals surface area contributed by atoms with Crippen molar-refractivity contribution in [3.05, 3.63) is 81.4 Å². The van der Waals surface area contributed by atoms with Crippen LogP contribution < -0.4 is 10.5 Å². The molecule has 0 radical (unpaired) electrons. The number of nitrogens with two attached hydrogens (primary N) is 1. The lowest BCUT2D eigenvalue weighted by atomic mass is 9.90. The van der Waals surface area contributed by atoms with E-state index >= 15 is 0 Å².